The summed E-state index contributed by atoms with van der Waals surface area (Å²) in [6, 6.07) is 17.8. The van der Waals surface area contributed by atoms with E-state index in [-0.39, 0.29) is 18.2 Å². The van der Waals surface area contributed by atoms with Crippen molar-refractivity contribution in [2.24, 2.45) is 0 Å². The molecule has 2 aromatic heterocycles. The fraction of sp³-hybridized carbons (Fsp3) is 0.250. The lowest BCUT2D eigenvalue weighted by atomic mass is 10.0. The van der Waals surface area contributed by atoms with E-state index in [2.05, 4.69) is 9.97 Å². The number of carbonyl (C=O) groups excluding carboxylic acids is 1. The lowest BCUT2D eigenvalue weighted by Crippen LogP contribution is -2.52. The number of hydrogen-bond donors (Lipinski definition) is 1. The Hall–Kier alpha value is -4.93. The molecule has 1 fully saturated rings. The third-order valence-electron chi connectivity index (χ3n) is 6.55. The van der Waals surface area contributed by atoms with Crippen molar-refractivity contribution in [3.05, 3.63) is 88.5 Å². The van der Waals surface area contributed by atoms with Crippen LogP contribution in [0.2, 0.25) is 0 Å². The molecule has 200 valence electrons. The summed E-state index contributed by atoms with van der Waals surface area (Å²) >= 11 is 0. The predicted molar refractivity (Wildman–Crippen MR) is 146 cm³/mol. The van der Waals surface area contributed by atoms with Gasteiger partial charge in [0.15, 0.2) is 5.65 Å². The Bertz CT molecular complexity index is 1580. The summed E-state index contributed by atoms with van der Waals surface area (Å²) in [5.74, 6) is -0.587. The number of nitrogens with zero attached hydrogens (tertiary/aromatic N) is 6. The Kier molecular flexibility index (Phi) is 7.13. The number of pyridine rings is 1. The molecule has 2 amide bonds. The molecule has 0 radical (unpaired) electrons. The zero-order valence-corrected chi connectivity index (χ0v) is 21.6. The van der Waals surface area contributed by atoms with Gasteiger partial charge in [0.25, 0.3) is 0 Å². The minimum absolute atomic E-state index is 0.0699. The van der Waals surface area contributed by atoms with Gasteiger partial charge in [-0.25, -0.2) is 19.4 Å². The van der Waals surface area contributed by atoms with Gasteiger partial charge < -0.3 is 24.6 Å². The van der Waals surface area contributed by atoms with Gasteiger partial charge in [-0.15, -0.1) is 4.73 Å². The molecule has 0 spiro atoms. The second kappa shape index (κ2) is 10.8. The number of carboxylic acids is 1. The van der Waals surface area contributed by atoms with Crippen LogP contribution in [-0.2, 0) is 6.61 Å². The molecule has 0 saturated carbocycles. The number of piperazine rings is 1. The Morgan fingerprint density at radius 2 is 1.72 bits per heavy atom. The molecule has 0 aliphatic carbocycles. The van der Waals surface area contributed by atoms with Crippen LogP contribution in [0, 0.1) is 0 Å². The smallest absolute Gasteiger partial charge is 0.384 e. The zero-order chi connectivity index (χ0) is 27.5. The molecule has 11 heteroatoms. The third-order valence-corrected chi connectivity index (χ3v) is 6.55. The number of urea groups is 1. The highest BCUT2D eigenvalue weighted by Gasteiger charge is 2.26. The largest absolute Gasteiger partial charge is 0.478 e. The quantitative estimate of drug-likeness (QED) is 0.405. The minimum atomic E-state index is -1.03. The molecule has 39 heavy (non-hydrogen) atoms. The number of rotatable bonds is 6. The first kappa shape index (κ1) is 25.7. The SMILES string of the molecule is CN(C)C(=O)N1CCN(c2nc(=O)n(OCc3ccccc3)c3ncc(-c4cccc(C(=O)O)c4)cc23)CC1. The van der Waals surface area contributed by atoms with E-state index >= 15 is 0 Å². The molecule has 5 rings (SSSR count). The molecule has 11 nitrogen and oxygen atoms in total. The Morgan fingerprint density at radius 3 is 2.41 bits per heavy atom. The van der Waals surface area contributed by atoms with Crippen LogP contribution in [-0.4, -0.2) is 81.9 Å². The van der Waals surface area contributed by atoms with Gasteiger partial charge in [0.1, 0.15) is 12.4 Å². The lowest BCUT2D eigenvalue weighted by molar-refractivity contribution is 0.0697. The summed E-state index contributed by atoms with van der Waals surface area (Å²) in [6.45, 7) is 2.05. The van der Waals surface area contributed by atoms with Crippen LogP contribution >= 0.6 is 0 Å². The van der Waals surface area contributed by atoms with Gasteiger partial charge in [-0.05, 0) is 29.3 Å². The van der Waals surface area contributed by atoms with Gasteiger partial charge in [0, 0.05) is 52.0 Å². The third kappa shape index (κ3) is 5.37. The van der Waals surface area contributed by atoms with Crippen LogP contribution in [0.4, 0.5) is 10.6 Å². The van der Waals surface area contributed by atoms with Crippen molar-refractivity contribution in [2.45, 2.75) is 6.61 Å². The monoisotopic (exact) mass is 528 g/mol. The van der Waals surface area contributed by atoms with Gasteiger partial charge >= 0.3 is 17.7 Å². The molecule has 1 saturated heterocycles. The van der Waals surface area contributed by atoms with Crippen molar-refractivity contribution in [3.63, 3.8) is 0 Å². The Morgan fingerprint density at radius 1 is 0.974 bits per heavy atom. The summed E-state index contributed by atoms with van der Waals surface area (Å²) in [6.07, 6.45) is 1.59. The number of hydrogen-bond acceptors (Lipinski definition) is 7. The zero-order valence-electron chi connectivity index (χ0n) is 21.6. The number of amides is 2. The van der Waals surface area contributed by atoms with E-state index in [9.17, 15) is 19.5 Å². The summed E-state index contributed by atoms with van der Waals surface area (Å²) in [5, 5.41) is 10.0. The second-order valence-corrected chi connectivity index (χ2v) is 9.40. The highest BCUT2D eigenvalue weighted by Crippen LogP contribution is 2.28. The first-order valence-corrected chi connectivity index (χ1v) is 12.5. The first-order valence-electron chi connectivity index (χ1n) is 12.5. The topological polar surface area (TPSA) is 121 Å². The second-order valence-electron chi connectivity index (χ2n) is 9.40. The maximum absolute atomic E-state index is 13.2. The van der Waals surface area contributed by atoms with E-state index in [1.807, 2.05) is 41.3 Å². The average Bonchev–Trinajstić information content (AvgIpc) is 2.96. The van der Waals surface area contributed by atoms with E-state index in [1.165, 1.54) is 11.0 Å². The van der Waals surface area contributed by atoms with Gasteiger partial charge in [-0.1, -0.05) is 42.5 Å². The fourth-order valence-electron chi connectivity index (χ4n) is 4.52. The number of aromatic carboxylic acids is 1. The van der Waals surface area contributed by atoms with Crippen LogP contribution < -0.4 is 15.4 Å². The van der Waals surface area contributed by atoms with Crippen LogP contribution in [0.3, 0.4) is 0 Å². The molecule has 1 aliphatic rings. The van der Waals surface area contributed by atoms with E-state index in [0.717, 1.165) is 10.3 Å². The fourth-order valence-corrected chi connectivity index (χ4v) is 4.52. The number of carboxylic acid groups (broad SMARTS) is 1. The molecule has 1 aliphatic heterocycles. The highest BCUT2D eigenvalue weighted by molar-refractivity contribution is 5.92. The molecular formula is C28H28N6O5. The lowest BCUT2D eigenvalue weighted by Gasteiger charge is -2.36. The average molecular weight is 529 g/mol. The number of anilines is 1. The predicted octanol–water partition coefficient (Wildman–Crippen LogP) is 2.59. The molecule has 0 atom stereocenters. The number of aromatic nitrogens is 3. The summed E-state index contributed by atoms with van der Waals surface area (Å²) in [7, 11) is 3.43. The van der Waals surface area contributed by atoms with Crippen molar-refractivity contribution < 1.29 is 19.5 Å². The van der Waals surface area contributed by atoms with Crippen LogP contribution in [0.1, 0.15) is 15.9 Å². The molecule has 0 bridgehead atoms. The summed E-state index contributed by atoms with van der Waals surface area (Å²) < 4.78 is 1.09. The number of benzene rings is 2. The van der Waals surface area contributed by atoms with E-state index in [0.29, 0.717) is 54.2 Å². The molecule has 3 heterocycles. The van der Waals surface area contributed by atoms with Gasteiger partial charge in [-0.3, -0.25) is 0 Å². The van der Waals surface area contributed by atoms with Crippen LogP contribution in [0.25, 0.3) is 22.2 Å². The Labute approximate surface area is 224 Å². The summed E-state index contributed by atoms with van der Waals surface area (Å²) in [4.78, 5) is 57.2. The molecular weight excluding hydrogens is 500 g/mol. The van der Waals surface area contributed by atoms with Gasteiger partial charge in [0.05, 0.1) is 10.9 Å². The van der Waals surface area contributed by atoms with Gasteiger partial charge in [0.2, 0.25) is 0 Å². The van der Waals surface area contributed by atoms with Crippen molar-refractivity contribution in [1.29, 1.82) is 0 Å². The van der Waals surface area contributed by atoms with Crippen molar-refractivity contribution in [3.8, 4) is 11.1 Å². The van der Waals surface area contributed by atoms with Crippen LogP contribution in [0.5, 0.6) is 0 Å². The molecule has 1 N–H and O–H groups in total. The number of carbonyl (C=O) groups is 2. The van der Waals surface area contributed by atoms with Crippen LogP contribution in [0.15, 0.2) is 71.7 Å². The van der Waals surface area contributed by atoms with Crippen molar-refractivity contribution in [2.75, 3.05) is 45.2 Å². The van der Waals surface area contributed by atoms with Crippen molar-refractivity contribution >= 4 is 28.9 Å². The van der Waals surface area contributed by atoms with E-state index in [4.69, 9.17) is 4.84 Å². The van der Waals surface area contributed by atoms with Crippen molar-refractivity contribution in [1.82, 2.24) is 24.5 Å². The highest BCUT2D eigenvalue weighted by atomic mass is 16.7. The first-order chi connectivity index (χ1) is 18.8. The Balaban J connectivity index is 1.56. The minimum Gasteiger partial charge on any atom is -0.478 e. The maximum atomic E-state index is 13.2. The van der Waals surface area contributed by atoms with E-state index in [1.54, 1.807) is 43.4 Å². The molecule has 0 unspecified atom stereocenters. The summed E-state index contributed by atoms with van der Waals surface area (Å²) in [5.41, 5.74) is 2.07. The normalized spacial score (nSPS) is 13.4. The molecule has 4 aromatic rings. The molecule has 2 aromatic carbocycles. The number of fused-ring (bicyclic) bond motifs is 1. The standard InChI is InChI=1S/C28H28N6O5/c1-31(2)28(38)33-13-11-32(12-14-33)25-23-16-22(20-9-6-10-21(15-20)26(35)36)17-29-24(23)34(27(37)30-25)39-18-19-7-4-3-5-8-19/h3-10,15-17H,11-14,18H2,1-2H3,(H,35,36). The van der Waals surface area contributed by atoms with E-state index < -0.39 is 11.7 Å². The van der Waals surface area contributed by atoms with Gasteiger partial charge in [-0.2, -0.15) is 4.98 Å². The maximum Gasteiger partial charge on any atom is 0.384 e.